The zero-order valence-corrected chi connectivity index (χ0v) is 11.7. The Bertz CT molecular complexity index is 406. The summed E-state index contributed by atoms with van der Waals surface area (Å²) in [5.74, 6) is 2.20. The molecule has 0 saturated heterocycles. The predicted octanol–water partition coefficient (Wildman–Crippen LogP) is 1.95. The lowest BCUT2D eigenvalue weighted by Crippen LogP contribution is -2.33. The van der Waals surface area contributed by atoms with Crippen LogP contribution in [0.15, 0.2) is 18.2 Å². The summed E-state index contributed by atoms with van der Waals surface area (Å²) in [5.41, 5.74) is 1.14. The summed E-state index contributed by atoms with van der Waals surface area (Å²) in [6.45, 7) is 6.45. The fourth-order valence-corrected chi connectivity index (χ4v) is 2.25. The van der Waals surface area contributed by atoms with Crippen LogP contribution in [0.25, 0.3) is 0 Å². The van der Waals surface area contributed by atoms with Gasteiger partial charge in [0.1, 0.15) is 13.2 Å². The van der Waals surface area contributed by atoms with Gasteiger partial charge in [0.2, 0.25) is 0 Å². The van der Waals surface area contributed by atoms with Crippen molar-refractivity contribution in [2.75, 3.05) is 19.8 Å². The van der Waals surface area contributed by atoms with E-state index in [4.69, 9.17) is 9.47 Å². The number of benzene rings is 1. The molecule has 0 amide bonds. The second kappa shape index (κ2) is 6.78. The fraction of sp³-hybridized carbons (Fsp3) is 0.600. The number of hydrogen-bond acceptors (Lipinski definition) is 4. The van der Waals surface area contributed by atoms with Crippen LogP contribution in [-0.4, -0.2) is 31.0 Å². The Morgan fingerprint density at radius 1 is 1.21 bits per heavy atom. The lowest BCUT2D eigenvalue weighted by molar-refractivity contribution is 0.171. The van der Waals surface area contributed by atoms with Crippen LogP contribution in [0.4, 0.5) is 0 Å². The molecule has 0 saturated carbocycles. The zero-order valence-electron chi connectivity index (χ0n) is 11.7. The van der Waals surface area contributed by atoms with Crippen molar-refractivity contribution >= 4 is 0 Å². The topological polar surface area (TPSA) is 50.7 Å². The third-order valence-corrected chi connectivity index (χ3v) is 3.18. The Morgan fingerprint density at radius 2 is 1.95 bits per heavy atom. The van der Waals surface area contributed by atoms with Crippen molar-refractivity contribution in [1.82, 2.24) is 5.32 Å². The van der Waals surface area contributed by atoms with Crippen molar-refractivity contribution in [3.05, 3.63) is 23.8 Å². The summed E-state index contributed by atoms with van der Waals surface area (Å²) in [6, 6.07) is 6.13. The first-order valence-electron chi connectivity index (χ1n) is 6.92. The van der Waals surface area contributed by atoms with Gasteiger partial charge in [0.15, 0.2) is 11.5 Å². The molecule has 2 rings (SSSR count). The SMILES string of the molecule is CC(C)C[C@H](CO)NCc1ccc2c(c1)OCCO2. The molecular formula is C15H23NO3. The van der Waals surface area contributed by atoms with Gasteiger partial charge in [0, 0.05) is 12.6 Å². The lowest BCUT2D eigenvalue weighted by Gasteiger charge is -2.21. The molecule has 1 aromatic carbocycles. The summed E-state index contributed by atoms with van der Waals surface area (Å²) in [6.07, 6.45) is 0.973. The van der Waals surface area contributed by atoms with E-state index in [9.17, 15) is 5.11 Å². The molecule has 0 fully saturated rings. The minimum atomic E-state index is 0.146. The molecule has 4 nitrogen and oxygen atoms in total. The van der Waals surface area contributed by atoms with E-state index in [1.165, 1.54) is 0 Å². The van der Waals surface area contributed by atoms with E-state index < -0.39 is 0 Å². The molecule has 1 heterocycles. The summed E-state index contributed by atoms with van der Waals surface area (Å²) in [5, 5.41) is 12.7. The average molecular weight is 265 g/mol. The Kier molecular flexibility index (Phi) is 5.05. The van der Waals surface area contributed by atoms with Crippen LogP contribution < -0.4 is 14.8 Å². The fourth-order valence-electron chi connectivity index (χ4n) is 2.25. The third-order valence-electron chi connectivity index (χ3n) is 3.18. The van der Waals surface area contributed by atoms with Gasteiger partial charge in [-0.15, -0.1) is 0 Å². The Balaban J connectivity index is 1.92. The molecule has 1 aliphatic heterocycles. The van der Waals surface area contributed by atoms with E-state index in [0.29, 0.717) is 19.1 Å². The van der Waals surface area contributed by atoms with E-state index in [1.54, 1.807) is 0 Å². The molecule has 2 N–H and O–H groups in total. The molecule has 0 spiro atoms. The Hall–Kier alpha value is -1.26. The third kappa shape index (κ3) is 4.11. The van der Waals surface area contributed by atoms with Crippen LogP contribution in [-0.2, 0) is 6.54 Å². The quantitative estimate of drug-likeness (QED) is 0.825. The monoisotopic (exact) mass is 265 g/mol. The van der Waals surface area contributed by atoms with Gasteiger partial charge in [0.05, 0.1) is 6.61 Å². The molecule has 1 aliphatic rings. The van der Waals surface area contributed by atoms with Crippen molar-refractivity contribution in [3.63, 3.8) is 0 Å². The van der Waals surface area contributed by atoms with Crippen molar-refractivity contribution in [1.29, 1.82) is 0 Å². The minimum absolute atomic E-state index is 0.146. The summed E-state index contributed by atoms with van der Waals surface area (Å²) >= 11 is 0. The van der Waals surface area contributed by atoms with Gasteiger partial charge in [0.25, 0.3) is 0 Å². The standard InChI is InChI=1S/C15H23NO3/c1-11(2)7-13(10-17)16-9-12-3-4-14-15(8-12)19-6-5-18-14/h3-4,8,11,13,16-17H,5-7,9-10H2,1-2H3/t13-/m1/s1. The molecule has 0 aromatic heterocycles. The summed E-state index contributed by atoms with van der Waals surface area (Å²) in [7, 11) is 0. The molecule has 19 heavy (non-hydrogen) atoms. The molecule has 0 unspecified atom stereocenters. The molecule has 0 radical (unpaired) electrons. The van der Waals surface area contributed by atoms with Gasteiger partial charge < -0.3 is 19.9 Å². The van der Waals surface area contributed by atoms with E-state index in [1.807, 2.05) is 18.2 Å². The van der Waals surface area contributed by atoms with E-state index in [2.05, 4.69) is 19.2 Å². The number of nitrogens with one attached hydrogen (secondary N) is 1. The van der Waals surface area contributed by atoms with Gasteiger partial charge >= 0.3 is 0 Å². The largest absolute Gasteiger partial charge is 0.486 e. The van der Waals surface area contributed by atoms with E-state index in [0.717, 1.165) is 30.0 Å². The van der Waals surface area contributed by atoms with Crippen molar-refractivity contribution in [2.45, 2.75) is 32.9 Å². The minimum Gasteiger partial charge on any atom is -0.486 e. The Labute approximate surface area is 114 Å². The highest BCUT2D eigenvalue weighted by molar-refractivity contribution is 5.43. The van der Waals surface area contributed by atoms with E-state index >= 15 is 0 Å². The highest BCUT2D eigenvalue weighted by Crippen LogP contribution is 2.30. The maximum atomic E-state index is 9.34. The number of aliphatic hydroxyl groups is 1. The number of hydrogen-bond donors (Lipinski definition) is 2. The second-order valence-corrected chi connectivity index (χ2v) is 5.37. The number of aliphatic hydroxyl groups excluding tert-OH is 1. The van der Waals surface area contributed by atoms with Crippen LogP contribution >= 0.6 is 0 Å². The number of rotatable bonds is 6. The Morgan fingerprint density at radius 3 is 2.63 bits per heavy atom. The summed E-state index contributed by atoms with van der Waals surface area (Å²) < 4.78 is 11.1. The van der Waals surface area contributed by atoms with Crippen LogP contribution in [0.3, 0.4) is 0 Å². The molecule has 1 atom stereocenters. The second-order valence-electron chi connectivity index (χ2n) is 5.37. The van der Waals surface area contributed by atoms with Crippen molar-refractivity contribution in [2.24, 2.45) is 5.92 Å². The van der Waals surface area contributed by atoms with Gasteiger partial charge in [-0.3, -0.25) is 0 Å². The smallest absolute Gasteiger partial charge is 0.161 e. The van der Waals surface area contributed by atoms with Gasteiger partial charge in [-0.05, 0) is 30.0 Å². The molecule has 106 valence electrons. The highest BCUT2D eigenvalue weighted by atomic mass is 16.6. The van der Waals surface area contributed by atoms with Crippen LogP contribution in [0.1, 0.15) is 25.8 Å². The highest BCUT2D eigenvalue weighted by Gasteiger charge is 2.13. The van der Waals surface area contributed by atoms with Gasteiger partial charge in [-0.25, -0.2) is 0 Å². The maximum absolute atomic E-state index is 9.34. The normalized spacial score (nSPS) is 15.6. The molecular weight excluding hydrogens is 242 g/mol. The molecule has 0 aliphatic carbocycles. The van der Waals surface area contributed by atoms with Gasteiger partial charge in [-0.2, -0.15) is 0 Å². The first kappa shape index (κ1) is 14.2. The summed E-state index contributed by atoms with van der Waals surface area (Å²) in [4.78, 5) is 0. The van der Waals surface area contributed by atoms with Crippen LogP contribution in [0.2, 0.25) is 0 Å². The lowest BCUT2D eigenvalue weighted by atomic mass is 10.0. The van der Waals surface area contributed by atoms with Gasteiger partial charge in [-0.1, -0.05) is 19.9 Å². The maximum Gasteiger partial charge on any atom is 0.161 e. The van der Waals surface area contributed by atoms with Crippen molar-refractivity contribution in [3.8, 4) is 11.5 Å². The molecule has 4 heteroatoms. The zero-order chi connectivity index (χ0) is 13.7. The van der Waals surface area contributed by atoms with Crippen LogP contribution in [0.5, 0.6) is 11.5 Å². The van der Waals surface area contributed by atoms with Crippen molar-refractivity contribution < 1.29 is 14.6 Å². The molecule has 1 aromatic rings. The predicted molar refractivity (Wildman–Crippen MR) is 74.6 cm³/mol. The first-order valence-corrected chi connectivity index (χ1v) is 6.92. The van der Waals surface area contributed by atoms with Crippen LogP contribution in [0, 0.1) is 5.92 Å². The molecule has 0 bridgehead atoms. The number of fused-ring (bicyclic) bond motifs is 1. The average Bonchev–Trinajstić information content (AvgIpc) is 2.42. The van der Waals surface area contributed by atoms with E-state index in [-0.39, 0.29) is 12.6 Å². The number of ether oxygens (including phenoxy) is 2. The first-order chi connectivity index (χ1) is 9.19.